The Bertz CT molecular complexity index is 633. The molecule has 2 aromatic carbocycles. The molecule has 0 heterocycles. The summed E-state index contributed by atoms with van der Waals surface area (Å²) >= 11 is 3.41. The van der Waals surface area contributed by atoms with Gasteiger partial charge < -0.3 is 4.74 Å². The second-order valence-electron chi connectivity index (χ2n) is 4.95. The molecule has 20 heavy (non-hydrogen) atoms. The van der Waals surface area contributed by atoms with Crippen LogP contribution in [0.5, 0.6) is 5.75 Å². The van der Waals surface area contributed by atoms with E-state index < -0.39 is 0 Å². The van der Waals surface area contributed by atoms with Crippen LogP contribution < -0.4 is 4.74 Å². The summed E-state index contributed by atoms with van der Waals surface area (Å²) in [4.78, 5) is 12.7. The Morgan fingerprint density at radius 3 is 2.45 bits per heavy atom. The molecule has 2 aromatic rings. The van der Waals surface area contributed by atoms with Gasteiger partial charge in [-0.25, -0.2) is 0 Å². The first-order valence-electron chi connectivity index (χ1n) is 6.55. The minimum atomic E-state index is -0.00810. The summed E-state index contributed by atoms with van der Waals surface area (Å²) in [7, 11) is 0. The van der Waals surface area contributed by atoms with Crippen LogP contribution in [0, 0.1) is 6.92 Å². The van der Waals surface area contributed by atoms with Crippen LogP contribution >= 0.6 is 15.9 Å². The summed E-state index contributed by atoms with van der Waals surface area (Å²) in [5.41, 5.74) is 2.25. The topological polar surface area (TPSA) is 26.3 Å². The third-order valence-corrected chi connectivity index (χ3v) is 3.42. The number of halogens is 1. The van der Waals surface area contributed by atoms with Crippen molar-refractivity contribution in [1.82, 2.24) is 0 Å². The third kappa shape index (κ3) is 3.28. The van der Waals surface area contributed by atoms with Crippen molar-refractivity contribution in [3.05, 3.63) is 63.6 Å². The number of hydrogen-bond acceptors (Lipinski definition) is 2. The lowest BCUT2D eigenvalue weighted by molar-refractivity contribution is 0.103. The van der Waals surface area contributed by atoms with Gasteiger partial charge in [-0.2, -0.15) is 0 Å². The number of rotatable bonds is 4. The Labute approximate surface area is 127 Å². The first kappa shape index (κ1) is 14.8. The highest BCUT2D eigenvalue weighted by atomic mass is 79.9. The van der Waals surface area contributed by atoms with E-state index in [1.165, 1.54) is 0 Å². The van der Waals surface area contributed by atoms with E-state index in [2.05, 4.69) is 15.9 Å². The minimum absolute atomic E-state index is 0.00810. The molecule has 0 aliphatic rings. The lowest BCUT2D eigenvalue weighted by atomic mass is 9.98. The van der Waals surface area contributed by atoms with Gasteiger partial charge in [-0.05, 0) is 56.7 Å². The molecule has 2 nitrogen and oxygen atoms in total. The molecular formula is C17H17BrO2. The molecule has 0 atom stereocenters. The van der Waals surface area contributed by atoms with Crippen molar-refractivity contribution >= 4 is 21.7 Å². The van der Waals surface area contributed by atoms with Crippen LogP contribution in [0.1, 0.15) is 35.3 Å². The van der Waals surface area contributed by atoms with Crippen LogP contribution in [0.15, 0.2) is 46.9 Å². The largest absolute Gasteiger partial charge is 0.490 e. The molecule has 0 spiro atoms. The van der Waals surface area contributed by atoms with E-state index in [0.717, 1.165) is 10.0 Å². The number of benzene rings is 2. The van der Waals surface area contributed by atoms with Crippen LogP contribution in [0.4, 0.5) is 0 Å². The Hall–Kier alpha value is -1.61. The van der Waals surface area contributed by atoms with Gasteiger partial charge in [0.15, 0.2) is 5.78 Å². The van der Waals surface area contributed by atoms with Crippen molar-refractivity contribution in [2.45, 2.75) is 26.9 Å². The molecule has 0 bridgehead atoms. The number of hydrogen-bond donors (Lipinski definition) is 0. The molecular weight excluding hydrogens is 316 g/mol. The molecule has 0 saturated carbocycles. The zero-order valence-corrected chi connectivity index (χ0v) is 13.4. The molecule has 0 aromatic heterocycles. The van der Waals surface area contributed by atoms with Crippen LogP contribution in [0.2, 0.25) is 0 Å². The number of carbonyl (C=O) groups excluding carboxylic acids is 1. The highest BCUT2D eigenvalue weighted by molar-refractivity contribution is 9.10. The second-order valence-corrected chi connectivity index (χ2v) is 5.87. The first-order chi connectivity index (χ1) is 9.49. The molecule has 0 unspecified atom stereocenters. The van der Waals surface area contributed by atoms with E-state index in [4.69, 9.17) is 4.74 Å². The van der Waals surface area contributed by atoms with E-state index in [1.54, 1.807) is 0 Å². The van der Waals surface area contributed by atoms with Crippen molar-refractivity contribution in [3.63, 3.8) is 0 Å². The quantitative estimate of drug-likeness (QED) is 0.753. The zero-order chi connectivity index (χ0) is 14.7. The van der Waals surface area contributed by atoms with Crippen molar-refractivity contribution in [3.8, 4) is 5.75 Å². The standard InChI is InChI=1S/C17H17BrO2/c1-11(2)20-16-7-5-4-6-15(16)17(19)14-9-8-13(18)10-12(14)3/h4-11H,1-3H3. The summed E-state index contributed by atoms with van der Waals surface area (Å²) < 4.78 is 6.69. The van der Waals surface area contributed by atoms with Gasteiger partial charge in [0.1, 0.15) is 5.75 Å². The van der Waals surface area contributed by atoms with E-state index in [-0.39, 0.29) is 11.9 Å². The van der Waals surface area contributed by atoms with E-state index >= 15 is 0 Å². The summed E-state index contributed by atoms with van der Waals surface area (Å²) in [5.74, 6) is 0.626. The van der Waals surface area contributed by atoms with Crippen LogP contribution in [0.25, 0.3) is 0 Å². The van der Waals surface area contributed by atoms with Crippen molar-refractivity contribution in [2.24, 2.45) is 0 Å². The van der Waals surface area contributed by atoms with E-state index in [0.29, 0.717) is 16.9 Å². The van der Waals surface area contributed by atoms with Gasteiger partial charge in [-0.3, -0.25) is 4.79 Å². The number of ketones is 1. The molecule has 3 heteroatoms. The Morgan fingerprint density at radius 2 is 1.80 bits per heavy atom. The van der Waals surface area contributed by atoms with Crippen LogP contribution in [0.3, 0.4) is 0 Å². The fourth-order valence-electron chi connectivity index (χ4n) is 2.04. The summed E-state index contributed by atoms with van der Waals surface area (Å²) in [5, 5.41) is 0. The van der Waals surface area contributed by atoms with Gasteiger partial charge in [0.05, 0.1) is 11.7 Å². The number of aryl methyl sites for hydroxylation is 1. The third-order valence-electron chi connectivity index (χ3n) is 2.93. The summed E-state index contributed by atoms with van der Waals surface area (Å²) in [6, 6.07) is 13.0. The van der Waals surface area contributed by atoms with Gasteiger partial charge in [-0.1, -0.05) is 28.1 Å². The highest BCUT2D eigenvalue weighted by Crippen LogP contribution is 2.25. The fraction of sp³-hybridized carbons (Fsp3) is 0.235. The molecule has 0 aliphatic heterocycles. The van der Waals surface area contributed by atoms with Crippen LogP contribution in [-0.4, -0.2) is 11.9 Å². The molecule has 2 rings (SSSR count). The average molecular weight is 333 g/mol. The molecule has 0 amide bonds. The SMILES string of the molecule is Cc1cc(Br)ccc1C(=O)c1ccccc1OC(C)C. The maximum Gasteiger partial charge on any atom is 0.197 e. The predicted molar refractivity (Wildman–Crippen MR) is 84.5 cm³/mol. The smallest absolute Gasteiger partial charge is 0.197 e. The number of carbonyl (C=O) groups is 1. The molecule has 0 N–H and O–H groups in total. The van der Waals surface area contributed by atoms with Gasteiger partial charge in [0.25, 0.3) is 0 Å². The summed E-state index contributed by atoms with van der Waals surface area (Å²) in [6.45, 7) is 5.84. The van der Waals surface area contributed by atoms with Crippen molar-refractivity contribution in [2.75, 3.05) is 0 Å². The Kier molecular flexibility index (Phi) is 4.61. The monoisotopic (exact) mass is 332 g/mol. The molecule has 0 fully saturated rings. The number of para-hydroxylation sites is 1. The summed E-state index contributed by atoms with van der Waals surface area (Å²) in [6.07, 6.45) is 0.0370. The molecule has 0 saturated heterocycles. The van der Waals surface area contributed by atoms with Gasteiger partial charge in [0, 0.05) is 10.0 Å². The van der Waals surface area contributed by atoms with Gasteiger partial charge in [-0.15, -0.1) is 0 Å². The Balaban J connectivity index is 2.43. The van der Waals surface area contributed by atoms with Gasteiger partial charge >= 0.3 is 0 Å². The molecule has 104 valence electrons. The van der Waals surface area contributed by atoms with Gasteiger partial charge in [0.2, 0.25) is 0 Å². The second kappa shape index (κ2) is 6.23. The maximum absolute atomic E-state index is 12.7. The minimum Gasteiger partial charge on any atom is -0.490 e. The predicted octanol–water partition coefficient (Wildman–Crippen LogP) is 4.78. The van der Waals surface area contributed by atoms with Crippen molar-refractivity contribution in [1.29, 1.82) is 0 Å². The van der Waals surface area contributed by atoms with Crippen molar-refractivity contribution < 1.29 is 9.53 Å². The Morgan fingerprint density at radius 1 is 1.10 bits per heavy atom. The molecule has 0 aliphatic carbocycles. The molecule has 0 radical (unpaired) electrons. The lowest BCUT2D eigenvalue weighted by Gasteiger charge is -2.14. The maximum atomic E-state index is 12.7. The number of ether oxygens (including phenoxy) is 1. The lowest BCUT2D eigenvalue weighted by Crippen LogP contribution is -2.11. The highest BCUT2D eigenvalue weighted by Gasteiger charge is 2.16. The average Bonchev–Trinajstić information content (AvgIpc) is 2.38. The normalized spacial score (nSPS) is 10.7. The van der Waals surface area contributed by atoms with Crippen LogP contribution in [-0.2, 0) is 0 Å². The van der Waals surface area contributed by atoms with E-state index in [9.17, 15) is 4.79 Å². The first-order valence-corrected chi connectivity index (χ1v) is 7.35. The zero-order valence-electron chi connectivity index (χ0n) is 11.8. The van der Waals surface area contributed by atoms with E-state index in [1.807, 2.05) is 63.2 Å². The fourth-order valence-corrected chi connectivity index (χ4v) is 2.51.